The van der Waals surface area contributed by atoms with Crippen LogP contribution in [0.25, 0.3) is 10.9 Å². The van der Waals surface area contributed by atoms with Crippen LogP contribution in [0.3, 0.4) is 0 Å². The minimum Gasteiger partial charge on any atom is -0.481 e. The maximum absolute atomic E-state index is 12.5. The smallest absolute Gasteiger partial charge is 0.326 e. The lowest BCUT2D eigenvalue weighted by Gasteiger charge is -2.22. The highest BCUT2D eigenvalue weighted by molar-refractivity contribution is 7.80. The number of para-hydroxylation sites is 1. The predicted octanol–water partition coefficient (Wildman–Crippen LogP) is -0.999. The van der Waals surface area contributed by atoms with Gasteiger partial charge in [-0.2, -0.15) is 12.6 Å². The molecule has 2 aromatic rings. The van der Waals surface area contributed by atoms with E-state index in [1.807, 2.05) is 29.6 Å². The van der Waals surface area contributed by atoms with Crippen LogP contribution in [0, 0.1) is 0 Å². The van der Waals surface area contributed by atoms with Crippen molar-refractivity contribution in [3.05, 3.63) is 36.0 Å². The number of nitrogens with two attached hydrogens (primary N) is 1. The van der Waals surface area contributed by atoms with Gasteiger partial charge in [0.25, 0.3) is 0 Å². The summed E-state index contributed by atoms with van der Waals surface area (Å²) in [4.78, 5) is 62.3. The molecule has 12 nitrogen and oxygen atoms in total. The van der Waals surface area contributed by atoms with Crippen molar-refractivity contribution in [3.63, 3.8) is 0 Å². The summed E-state index contributed by atoms with van der Waals surface area (Å²) >= 11 is 3.97. The van der Waals surface area contributed by atoms with Gasteiger partial charge in [-0.3, -0.25) is 19.2 Å². The Kier molecular flexibility index (Phi) is 9.45. The molecule has 1 aromatic heterocycles. The number of aliphatic carboxylic acids is 2. The van der Waals surface area contributed by atoms with Crippen molar-refractivity contribution in [3.8, 4) is 0 Å². The molecule has 184 valence electrons. The molecule has 3 amide bonds. The van der Waals surface area contributed by atoms with E-state index in [-0.39, 0.29) is 12.2 Å². The van der Waals surface area contributed by atoms with E-state index in [9.17, 15) is 24.0 Å². The van der Waals surface area contributed by atoms with Crippen molar-refractivity contribution in [2.24, 2.45) is 5.73 Å². The molecular formula is C21H27N5O7S. The zero-order valence-corrected chi connectivity index (χ0v) is 19.2. The SMILES string of the molecule is CC(NC(=O)C(N)Cc1c[nH]c2ccccc12)C(=O)NC(CS)C(=O)NC(CC(=O)O)C(=O)O. The molecule has 8 N–H and O–H groups in total. The number of aromatic amines is 1. The first-order valence-corrected chi connectivity index (χ1v) is 10.9. The van der Waals surface area contributed by atoms with E-state index in [1.54, 1.807) is 6.20 Å². The van der Waals surface area contributed by atoms with Gasteiger partial charge in [0.1, 0.15) is 18.1 Å². The van der Waals surface area contributed by atoms with Crippen molar-refractivity contribution in [1.82, 2.24) is 20.9 Å². The van der Waals surface area contributed by atoms with Crippen LogP contribution in [-0.2, 0) is 30.4 Å². The summed E-state index contributed by atoms with van der Waals surface area (Å²) in [5, 5.41) is 25.6. The zero-order chi connectivity index (χ0) is 25.4. The zero-order valence-electron chi connectivity index (χ0n) is 18.3. The van der Waals surface area contributed by atoms with E-state index in [4.69, 9.17) is 15.9 Å². The van der Waals surface area contributed by atoms with E-state index in [0.717, 1.165) is 16.5 Å². The number of thiol groups is 1. The number of carbonyl (C=O) groups excluding carboxylic acids is 3. The third kappa shape index (κ3) is 7.22. The third-order valence-electron chi connectivity index (χ3n) is 5.01. The molecule has 34 heavy (non-hydrogen) atoms. The second-order valence-corrected chi connectivity index (χ2v) is 8.01. The highest BCUT2D eigenvalue weighted by atomic mass is 32.1. The monoisotopic (exact) mass is 493 g/mol. The Morgan fingerprint density at radius 1 is 1.00 bits per heavy atom. The van der Waals surface area contributed by atoms with E-state index >= 15 is 0 Å². The number of carboxylic acid groups (broad SMARTS) is 2. The number of nitrogens with one attached hydrogen (secondary N) is 4. The molecular weight excluding hydrogens is 466 g/mol. The molecule has 0 aliphatic heterocycles. The molecule has 1 aromatic carbocycles. The number of aromatic nitrogens is 1. The van der Waals surface area contributed by atoms with E-state index in [1.165, 1.54) is 6.92 Å². The van der Waals surface area contributed by atoms with Gasteiger partial charge in [0, 0.05) is 22.9 Å². The molecule has 2 rings (SSSR count). The van der Waals surface area contributed by atoms with Gasteiger partial charge in [0.2, 0.25) is 17.7 Å². The normalized spacial score (nSPS) is 14.4. The van der Waals surface area contributed by atoms with E-state index in [0.29, 0.717) is 0 Å². The number of carbonyl (C=O) groups is 5. The van der Waals surface area contributed by atoms with Gasteiger partial charge in [-0.1, -0.05) is 18.2 Å². The fraction of sp³-hybridized carbons (Fsp3) is 0.381. The summed E-state index contributed by atoms with van der Waals surface area (Å²) in [5.74, 6) is -5.38. The molecule has 0 saturated carbocycles. The Morgan fingerprint density at radius 3 is 2.26 bits per heavy atom. The lowest BCUT2D eigenvalue weighted by atomic mass is 10.0. The van der Waals surface area contributed by atoms with Gasteiger partial charge in [-0.25, -0.2) is 4.79 Å². The number of fused-ring (bicyclic) bond motifs is 1. The lowest BCUT2D eigenvalue weighted by Crippen LogP contribution is -2.57. The Labute approximate surface area is 200 Å². The molecule has 0 radical (unpaired) electrons. The van der Waals surface area contributed by atoms with Gasteiger partial charge in [0.15, 0.2) is 0 Å². The Balaban J connectivity index is 1.92. The van der Waals surface area contributed by atoms with Crippen LogP contribution in [-0.4, -0.2) is 74.8 Å². The van der Waals surface area contributed by atoms with Crippen molar-refractivity contribution >= 4 is 53.2 Å². The second kappa shape index (κ2) is 12.0. The molecule has 13 heteroatoms. The second-order valence-electron chi connectivity index (χ2n) is 7.64. The maximum atomic E-state index is 12.5. The van der Waals surface area contributed by atoms with Crippen molar-refractivity contribution in [2.75, 3.05) is 5.75 Å². The van der Waals surface area contributed by atoms with Crippen LogP contribution in [0.1, 0.15) is 18.9 Å². The van der Waals surface area contributed by atoms with Gasteiger partial charge >= 0.3 is 11.9 Å². The summed E-state index contributed by atoms with van der Waals surface area (Å²) in [6.07, 6.45) is 1.15. The van der Waals surface area contributed by atoms with Crippen molar-refractivity contribution < 1.29 is 34.2 Å². The average molecular weight is 494 g/mol. The van der Waals surface area contributed by atoms with E-state index < -0.39 is 60.2 Å². The molecule has 0 fully saturated rings. The largest absolute Gasteiger partial charge is 0.481 e. The Bertz CT molecular complexity index is 1070. The maximum Gasteiger partial charge on any atom is 0.326 e. The first-order chi connectivity index (χ1) is 16.0. The Morgan fingerprint density at radius 2 is 1.65 bits per heavy atom. The van der Waals surface area contributed by atoms with Crippen LogP contribution in [0.2, 0.25) is 0 Å². The molecule has 4 unspecified atom stereocenters. The summed E-state index contributed by atoms with van der Waals surface area (Å²) in [7, 11) is 0. The number of amides is 3. The number of carboxylic acids is 2. The van der Waals surface area contributed by atoms with Crippen LogP contribution in [0.5, 0.6) is 0 Å². The van der Waals surface area contributed by atoms with Crippen molar-refractivity contribution in [1.29, 1.82) is 0 Å². The quantitative estimate of drug-likeness (QED) is 0.172. The van der Waals surface area contributed by atoms with Gasteiger partial charge in [0.05, 0.1) is 12.5 Å². The molecule has 1 heterocycles. The molecule has 0 spiro atoms. The first kappa shape index (κ1) is 26.7. The van der Waals surface area contributed by atoms with Crippen LogP contribution in [0.15, 0.2) is 30.5 Å². The predicted molar refractivity (Wildman–Crippen MR) is 125 cm³/mol. The first-order valence-electron chi connectivity index (χ1n) is 10.3. The van der Waals surface area contributed by atoms with Crippen molar-refractivity contribution in [2.45, 2.75) is 43.9 Å². The standard InChI is InChI=1S/C21H27N5O7S/c1-10(18(29)26-16(9-34)20(31)25-15(21(32)33)7-17(27)28)24-19(30)13(22)6-11-8-23-14-5-3-2-4-12(11)14/h2-5,8,10,13,15-16,23,34H,6-7,9,22H2,1H3,(H,24,30)(H,25,31)(H,26,29)(H,27,28)(H,32,33). The molecule has 0 saturated heterocycles. The molecule has 4 atom stereocenters. The summed E-state index contributed by atoms with van der Waals surface area (Å²) < 4.78 is 0. The highest BCUT2D eigenvalue weighted by Gasteiger charge is 2.29. The highest BCUT2D eigenvalue weighted by Crippen LogP contribution is 2.18. The minimum absolute atomic E-state index is 0.197. The topological polar surface area (TPSA) is 204 Å². The summed E-state index contributed by atoms with van der Waals surface area (Å²) in [6.45, 7) is 1.39. The van der Waals surface area contributed by atoms with Crippen LogP contribution < -0.4 is 21.7 Å². The van der Waals surface area contributed by atoms with Gasteiger partial charge in [-0.15, -0.1) is 0 Å². The van der Waals surface area contributed by atoms with Crippen LogP contribution >= 0.6 is 12.6 Å². The number of hydrogen-bond acceptors (Lipinski definition) is 7. The van der Waals surface area contributed by atoms with Gasteiger partial charge < -0.3 is 36.9 Å². The number of hydrogen-bond donors (Lipinski definition) is 8. The fourth-order valence-electron chi connectivity index (χ4n) is 3.15. The average Bonchev–Trinajstić information content (AvgIpc) is 3.18. The summed E-state index contributed by atoms with van der Waals surface area (Å²) in [5.41, 5.74) is 7.76. The van der Waals surface area contributed by atoms with Crippen LogP contribution in [0.4, 0.5) is 0 Å². The number of benzene rings is 1. The van der Waals surface area contributed by atoms with Gasteiger partial charge in [-0.05, 0) is 25.0 Å². The number of rotatable bonds is 12. The summed E-state index contributed by atoms with van der Waals surface area (Å²) in [6, 6.07) is 2.60. The fourth-order valence-corrected chi connectivity index (χ4v) is 3.41. The third-order valence-corrected chi connectivity index (χ3v) is 5.38. The van der Waals surface area contributed by atoms with E-state index in [2.05, 4.69) is 28.2 Å². The lowest BCUT2D eigenvalue weighted by molar-refractivity contribution is -0.147. The molecule has 0 aliphatic carbocycles. The Hall–Kier alpha value is -3.58. The minimum atomic E-state index is -1.68. The molecule has 0 aliphatic rings. The molecule has 0 bridgehead atoms. The number of H-pyrrole nitrogens is 1.